The van der Waals surface area contributed by atoms with Gasteiger partial charge in [0, 0.05) is 18.3 Å². The molecule has 0 aliphatic heterocycles. The highest BCUT2D eigenvalue weighted by molar-refractivity contribution is 5.57. The van der Waals surface area contributed by atoms with Gasteiger partial charge in [0.05, 0.1) is 0 Å². The second-order valence-electron chi connectivity index (χ2n) is 2.81. The van der Waals surface area contributed by atoms with Gasteiger partial charge in [-0.2, -0.15) is 0 Å². The second kappa shape index (κ2) is 3.57. The average molecular weight is 167 g/mol. The van der Waals surface area contributed by atoms with E-state index < -0.39 is 0 Å². The van der Waals surface area contributed by atoms with Crippen LogP contribution in [0.4, 0.5) is 10.1 Å². The first kappa shape index (κ1) is 9.04. The molecule has 0 aliphatic rings. The van der Waals surface area contributed by atoms with Crippen molar-refractivity contribution < 1.29 is 4.39 Å². The van der Waals surface area contributed by atoms with E-state index in [-0.39, 0.29) is 5.82 Å². The number of anilines is 1. The third kappa shape index (κ3) is 1.42. The minimum Gasteiger partial charge on any atom is -0.388 e. The molecule has 66 valence electrons. The van der Waals surface area contributed by atoms with Gasteiger partial charge in [0.2, 0.25) is 0 Å². The first-order chi connectivity index (χ1) is 5.70. The molecule has 0 bridgehead atoms. The number of aryl methyl sites for hydroxylation is 1. The summed E-state index contributed by atoms with van der Waals surface area (Å²) in [6, 6.07) is 3.35. The molecule has 1 rings (SSSR count). The highest BCUT2D eigenvalue weighted by atomic mass is 19.1. The first-order valence-electron chi connectivity index (χ1n) is 4.16. The van der Waals surface area contributed by atoms with Gasteiger partial charge < -0.3 is 5.32 Å². The van der Waals surface area contributed by atoms with E-state index in [1.165, 1.54) is 6.07 Å². The predicted molar refractivity (Wildman–Crippen MR) is 50.1 cm³/mol. The minimum absolute atomic E-state index is 0.142. The van der Waals surface area contributed by atoms with Crippen molar-refractivity contribution in [2.45, 2.75) is 20.3 Å². The number of rotatable bonds is 2. The third-order valence-electron chi connectivity index (χ3n) is 2.12. The summed E-state index contributed by atoms with van der Waals surface area (Å²) >= 11 is 0. The highest BCUT2D eigenvalue weighted by Gasteiger charge is 2.06. The van der Waals surface area contributed by atoms with Crippen LogP contribution in [0.5, 0.6) is 0 Å². The summed E-state index contributed by atoms with van der Waals surface area (Å²) in [5.41, 5.74) is 2.80. The summed E-state index contributed by atoms with van der Waals surface area (Å²) in [5, 5.41) is 3.02. The van der Waals surface area contributed by atoms with E-state index in [2.05, 4.69) is 12.2 Å². The normalized spacial score (nSPS) is 10.0. The van der Waals surface area contributed by atoms with Crippen LogP contribution in [-0.4, -0.2) is 7.05 Å². The van der Waals surface area contributed by atoms with Crippen LogP contribution in [0.3, 0.4) is 0 Å². The summed E-state index contributed by atoms with van der Waals surface area (Å²) in [5.74, 6) is -0.142. The van der Waals surface area contributed by atoms with Crippen LogP contribution in [0.25, 0.3) is 0 Å². The minimum atomic E-state index is -0.142. The van der Waals surface area contributed by atoms with Crippen molar-refractivity contribution in [2.24, 2.45) is 0 Å². The van der Waals surface area contributed by atoms with Crippen LogP contribution in [0.2, 0.25) is 0 Å². The Hall–Kier alpha value is -1.05. The van der Waals surface area contributed by atoms with Crippen molar-refractivity contribution in [3.05, 3.63) is 29.1 Å². The monoisotopic (exact) mass is 167 g/mol. The maximum absolute atomic E-state index is 13.0. The molecule has 0 spiro atoms. The molecule has 0 fully saturated rings. The topological polar surface area (TPSA) is 12.0 Å². The Morgan fingerprint density at radius 2 is 2.08 bits per heavy atom. The standard InChI is InChI=1S/C10H14FN/c1-4-8-5-6-9(11)7(2)10(8)12-3/h5-6,12H,4H2,1-3H3. The summed E-state index contributed by atoms with van der Waals surface area (Å²) in [6.45, 7) is 3.86. The van der Waals surface area contributed by atoms with Gasteiger partial charge in [-0.3, -0.25) is 0 Å². The molecule has 0 saturated heterocycles. The van der Waals surface area contributed by atoms with Crippen LogP contribution in [0.1, 0.15) is 18.1 Å². The van der Waals surface area contributed by atoms with E-state index in [4.69, 9.17) is 0 Å². The zero-order chi connectivity index (χ0) is 9.14. The maximum Gasteiger partial charge on any atom is 0.128 e. The van der Waals surface area contributed by atoms with Gasteiger partial charge in [0.25, 0.3) is 0 Å². The van der Waals surface area contributed by atoms with Gasteiger partial charge in [-0.25, -0.2) is 4.39 Å². The molecule has 1 N–H and O–H groups in total. The van der Waals surface area contributed by atoms with E-state index in [0.717, 1.165) is 17.7 Å². The summed E-state index contributed by atoms with van der Waals surface area (Å²) in [7, 11) is 1.82. The smallest absolute Gasteiger partial charge is 0.128 e. The molecule has 1 aromatic rings. The molecule has 0 aromatic heterocycles. The average Bonchev–Trinajstić information content (AvgIpc) is 2.09. The van der Waals surface area contributed by atoms with Gasteiger partial charge in [0.15, 0.2) is 0 Å². The molecule has 12 heavy (non-hydrogen) atoms. The molecule has 0 amide bonds. The van der Waals surface area contributed by atoms with Gasteiger partial charge in [-0.05, 0) is 25.0 Å². The summed E-state index contributed by atoms with van der Waals surface area (Å²) in [4.78, 5) is 0. The quantitative estimate of drug-likeness (QED) is 0.714. The number of halogens is 1. The van der Waals surface area contributed by atoms with Crippen LogP contribution >= 0.6 is 0 Å². The van der Waals surface area contributed by atoms with E-state index in [9.17, 15) is 4.39 Å². The van der Waals surface area contributed by atoms with Crippen molar-refractivity contribution in [1.82, 2.24) is 0 Å². The fourth-order valence-corrected chi connectivity index (χ4v) is 1.39. The molecule has 0 saturated carbocycles. The lowest BCUT2D eigenvalue weighted by atomic mass is 10.1. The predicted octanol–water partition coefficient (Wildman–Crippen LogP) is 2.74. The molecule has 1 nitrogen and oxygen atoms in total. The van der Waals surface area contributed by atoms with Crippen molar-refractivity contribution in [3.63, 3.8) is 0 Å². The fraction of sp³-hybridized carbons (Fsp3) is 0.400. The Morgan fingerprint density at radius 1 is 1.42 bits per heavy atom. The third-order valence-corrected chi connectivity index (χ3v) is 2.12. The number of hydrogen-bond acceptors (Lipinski definition) is 1. The van der Waals surface area contributed by atoms with E-state index in [0.29, 0.717) is 5.56 Å². The van der Waals surface area contributed by atoms with E-state index >= 15 is 0 Å². The molecule has 0 unspecified atom stereocenters. The summed E-state index contributed by atoms with van der Waals surface area (Å²) in [6.07, 6.45) is 0.928. The van der Waals surface area contributed by atoms with E-state index in [1.54, 1.807) is 6.92 Å². The Bertz CT molecular complexity index is 281. The van der Waals surface area contributed by atoms with Crippen molar-refractivity contribution in [1.29, 1.82) is 0 Å². The van der Waals surface area contributed by atoms with E-state index in [1.807, 2.05) is 13.1 Å². The lowest BCUT2D eigenvalue weighted by molar-refractivity contribution is 0.618. The Morgan fingerprint density at radius 3 is 2.58 bits per heavy atom. The Balaban J connectivity index is 3.25. The Kier molecular flexibility index (Phi) is 2.69. The number of nitrogens with one attached hydrogen (secondary N) is 1. The van der Waals surface area contributed by atoms with Crippen molar-refractivity contribution in [3.8, 4) is 0 Å². The van der Waals surface area contributed by atoms with Crippen LogP contribution in [0, 0.1) is 12.7 Å². The zero-order valence-electron chi connectivity index (χ0n) is 7.74. The van der Waals surface area contributed by atoms with Crippen LogP contribution in [0.15, 0.2) is 12.1 Å². The lowest BCUT2D eigenvalue weighted by Crippen LogP contribution is -1.99. The molecular formula is C10H14FN. The molecule has 2 heteroatoms. The van der Waals surface area contributed by atoms with Gasteiger partial charge in [-0.1, -0.05) is 13.0 Å². The zero-order valence-corrected chi connectivity index (χ0v) is 7.74. The number of hydrogen-bond donors (Lipinski definition) is 1. The van der Waals surface area contributed by atoms with Crippen molar-refractivity contribution >= 4 is 5.69 Å². The lowest BCUT2D eigenvalue weighted by Gasteiger charge is -2.10. The molecule has 0 atom stereocenters. The molecule has 0 radical (unpaired) electrons. The molecule has 0 aliphatic carbocycles. The van der Waals surface area contributed by atoms with Crippen LogP contribution < -0.4 is 5.32 Å². The molecular weight excluding hydrogens is 153 g/mol. The first-order valence-corrected chi connectivity index (χ1v) is 4.16. The molecule has 1 aromatic carbocycles. The van der Waals surface area contributed by atoms with Gasteiger partial charge >= 0.3 is 0 Å². The van der Waals surface area contributed by atoms with Gasteiger partial charge in [0.1, 0.15) is 5.82 Å². The molecule has 0 heterocycles. The largest absolute Gasteiger partial charge is 0.388 e. The van der Waals surface area contributed by atoms with Crippen molar-refractivity contribution in [2.75, 3.05) is 12.4 Å². The SMILES string of the molecule is CCc1ccc(F)c(C)c1NC. The second-order valence-corrected chi connectivity index (χ2v) is 2.81. The fourth-order valence-electron chi connectivity index (χ4n) is 1.39. The Labute approximate surface area is 72.6 Å². The summed E-state index contributed by atoms with van der Waals surface area (Å²) < 4.78 is 13.0. The highest BCUT2D eigenvalue weighted by Crippen LogP contribution is 2.22. The number of benzene rings is 1. The van der Waals surface area contributed by atoms with Gasteiger partial charge in [-0.15, -0.1) is 0 Å². The van der Waals surface area contributed by atoms with Crippen LogP contribution in [-0.2, 0) is 6.42 Å². The maximum atomic E-state index is 13.0.